The number of aromatic nitrogens is 2. The quantitative estimate of drug-likeness (QED) is 0.802. The number of nitrogens with zero attached hydrogens (tertiary/aromatic N) is 2. The van der Waals surface area contributed by atoms with Crippen LogP contribution in [-0.4, -0.2) is 27.7 Å². The molecule has 2 aromatic rings. The van der Waals surface area contributed by atoms with Gasteiger partial charge in [-0.3, -0.25) is 0 Å². The first kappa shape index (κ1) is 17.4. The SMILES string of the molecule is CC(C)(C)c1ncc(NC(=O)NC[C@](C)(O)c2cccs2)cn1. The van der Waals surface area contributed by atoms with Crippen LogP contribution in [0.25, 0.3) is 0 Å². The van der Waals surface area contributed by atoms with Gasteiger partial charge in [0.2, 0.25) is 0 Å². The van der Waals surface area contributed by atoms with E-state index in [2.05, 4.69) is 20.6 Å². The van der Waals surface area contributed by atoms with Gasteiger partial charge in [0.15, 0.2) is 0 Å². The van der Waals surface area contributed by atoms with E-state index in [-0.39, 0.29) is 12.0 Å². The summed E-state index contributed by atoms with van der Waals surface area (Å²) in [4.78, 5) is 21.2. The first-order valence-electron chi connectivity index (χ1n) is 7.32. The molecule has 0 spiro atoms. The number of hydrogen-bond acceptors (Lipinski definition) is 5. The van der Waals surface area contributed by atoms with E-state index in [1.165, 1.54) is 11.3 Å². The fourth-order valence-corrected chi connectivity index (χ4v) is 2.67. The number of nitrogens with one attached hydrogen (secondary N) is 2. The van der Waals surface area contributed by atoms with Gasteiger partial charge in [-0.05, 0) is 18.4 Å². The molecule has 0 unspecified atom stereocenters. The molecule has 2 aromatic heterocycles. The summed E-state index contributed by atoms with van der Waals surface area (Å²) in [6.07, 6.45) is 3.15. The number of carbonyl (C=O) groups is 1. The Hall–Kier alpha value is -1.99. The zero-order chi connectivity index (χ0) is 17.1. The lowest BCUT2D eigenvalue weighted by atomic mass is 9.96. The molecule has 0 aliphatic rings. The molecule has 0 aliphatic carbocycles. The van der Waals surface area contributed by atoms with E-state index in [1.54, 1.807) is 19.3 Å². The standard InChI is InChI=1S/C16H22N4O2S/c1-15(2,3)13-17-8-11(9-18-13)20-14(21)19-10-16(4,22)12-6-5-7-23-12/h5-9,22H,10H2,1-4H3,(H2,19,20,21)/t16-/m0/s1. The van der Waals surface area contributed by atoms with Crippen molar-refractivity contribution in [1.29, 1.82) is 0 Å². The van der Waals surface area contributed by atoms with Crippen LogP contribution >= 0.6 is 11.3 Å². The summed E-state index contributed by atoms with van der Waals surface area (Å²) >= 11 is 1.45. The van der Waals surface area contributed by atoms with Crippen LogP contribution in [0.4, 0.5) is 10.5 Å². The highest BCUT2D eigenvalue weighted by molar-refractivity contribution is 7.10. The molecule has 0 bridgehead atoms. The highest BCUT2D eigenvalue weighted by Gasteiger charge is 2.25. The third kappa shape index (κ3) is 4.74. The van der Waals surface area contributed by atoms with Gasteiger partial charge in [-0.15, -0.1) is 11.3 Å². The van der Waals surface area contributed by atoms with E-state index < -0.39 is 11.6 Å². The van der Waals surface area contributed by atoms with E-state index >= 15 is 0 Å². The molecule has 2 heterocycles. The van der Waals surface area contributed by atoms with Crippen LogP contribution in [0.2, 0.25) is 0 Å². The monoisotopic (exact) mass is 334 g/mol. The minimum Gasteiger partial charge on any atom is -0.383 e. The molecule has 0 aromatic carbocycles. The van der Waals surface area contributed by atoms with Crippen LogP contribution in [0.15, 0.2) is 29.9 Å². The molecule has 0 saturated heterocycles. The van der Waals surface area contributed by atoms with Crippen molar-refractivity contribution < 1.29 is 9.90 Å². The summed E-state index contributed by atoms with van der Waals surface area (Å²) in [7, 11) is 0. The largest absolute Gasteiger partial charge is 0.383 e. The van der Waals surface area contributed by atoms with Gasteiger partial charge < -0.3 is 15.7 Å². The molecule has 1 atom stereocenters. The number of anilines is 1. The average molecular weight is 334 g/mol. The molecule has 0 saturated carbocycles. The predicted molar refractivity (Wildman–Crippen MR) is 91.6 cm³/mol. The molecular formula is C16H22N4O2S. The Morgan fingerprint density at radius 2 is 1.91 bits per heavy atom. The Bertz CT molecular complexity index is 646. The number of hydrogen-bond donors (Lipinski definition) is 3. The maximum atomic E-state index is 11.9. The highest BCUT2D eigenvalue weighted by Crippen LogP contribution is 2.24. The van der Waals surface area contributed by atoms with Crippen molar-refractivity contribution in [2.45, 2.75) is 38.7 Å². The Morgan fingerprint density at radius 3 is 2.43 bits per heavy atom. The molecule has 3 N–H and O–H groups in total. The lowest BCUT2D eigenvalue weighted by molar-refractivity contribution is 0.0637. The Balaban J connectivity index is 1.90. The Labute approximate surface area is 140 Å². The lowest BCUT2D eigenvalue weighted by Gasteiger charge is -2.22. The van der Waals surface area contributed by atoms with Crippen molar-refractivity contribution in [3.63, 3.8) is 0 Å². The number of amides is 2. The van der Waals surface area contributed by atoms with E-state index in [0.717, 1.165) is 4.88 Å². The smallest absolute Gasteiger partial charge is 0.319 e. The molecule has 6 nitrogen and oxygen atoms in total. The van der Waals surface area contributed by atoms with E-state index in [0.29, 0.717) is 11.5 Å². The zero-order valence-electron chi connectivity index (χ0n) is 13.8. The normalized spacial score (nSPS) is 14.1. The van der Waals surface area contributed by atoms with Crippen molar-refractivity contribution in [2.24, 2.45) is 0 Å². The molecule has 0 aliphatic heterocycles. The third-order valence-electron chi connectivity index (χ3n) is 3.23. The van der Waals surface area contributed by atoms with Gasteiger partial charge >= 0.3 is 6.03 Å². The number of rotatable bonds is 4. The minimum atomic E-state index is -1.10. The third-order valence-corrected chi connectivity index (χ3v) is 4.35. The van der Waals surface area contributed by atoms with Crippen LogP contribution in [0.3, 0.4) is 0 Å². The number of aliphatic hydroxyl groups is 1. The fourth-order valence-electron chi connectivity index (χ4n) is 1.88. The second-order valence-corrected chi connectivity index (χ2v) is 7.55. The van der Waals surface area contributed by atoms with Crippen LogP contribution < -0.4 is 10.6 Å². The van der Waals surface area contributed by atoms with Crippen LogP contribution in [0, 0.1) is 0 Å². The summed E-state index contributed by atoms with van der Waals surface area (Å²) < 4.78 is 0. The van der Waals surface area contributed by atoms with Gasteiger partial charge in [-0.25, -0.2) is 14.8 Å². The zero-order valence-corrected chi connectivity index (χ0v) is 14.6. The van der Waals surface area contributed by atoms with Gasteiger partial charge in [0.25, 0.3) is 0 Å². The maximum Gasteiger partial charge on any atom is 0.319 e. The molecule has 124 valence electrons. The van der Waals surface area contributed by atoms with Crippen molar-refractivity contribution in [3.8, 4) is 0 Å². The van der Waals surface area contributed by atoms with Crippen LogP contribution in [0.1, 0.15) is 38.4 Å². The Morgan fingerprint density at radius 1 is 1.26 bits per heavy atom. The van der Waals surface area contributed by atoms with Gasteiger partial charge in [-0.2, -0.15) is 0 Å². The molecule has 0 fully saturated rings. The second-order valence-electron chi connectivity index (χ2n) is 6.60. The second kappa shape index (κ2) is 6.64. The fraction of sp³-hybridized carbons (Fsp3) is 0.438. The minimum absolute atomic E-state index is 0.111. The topological polar surface area (TPSA) is 87.1 Å². The van der Waals surface area contributed by atoms with Gasteiger partial charge in [0.05, 0.1) is 24.6 Å². The van der Waals surface area contributed by atoms with Crippen LogP contribution in [-0.2, 0) is 11.0 Å². The highest BCUT2D eigenvalue weighted by atomic mass is 32.1. The molecule has 23 heavy (non-hydrogen) atoms. The van der Waals surface area contributed by atoms with Crippen molar-refractivity contribution >= 4 is 23.1 Å². The van der Waals surface area contributed by atoms with E-state index in [4.69, 9.17) is 0 Å². The maximum absolute atomic E-state index is 11.9. The number of carbonyl (C=O) groups excluding carboxylic acids is 1. The molecule has 2 rings (SSSR count). The first-order valence-corrected chi connectivity index (χ1v) is 8.20. The average Bonchev–Trinajstić information content (AvgIpc) is 3.00. The van der Waals surface area contributed by atoms with Gasteiger partial charge in [-0.1, -0.05) is 26.8 Å². The molecule has 7 heteroatoms. The molecule has 2 amide bonds. The lowest BCUT2D eigenvalue weighted by Crippen LogP contribution is -2.40. The van der Waals surface area contributed by atoms with Crippen molar-refractivity contribution in [2.75, 3.05) is 11.9 Å². The summed E-state index contributed by atoms with van der Waals surface area (Å²) in [6.45, 7) is 7.85. The summed E-state index contributed by atoms with van der Waals surface area (Å²) in [5, 5.41) is 17.6. The van der Waals surface area contributed by atoms with Crippen molar-refractivity contribution in [3.05, 3.63) is 40.6 Å². The number of thiophene rings is 1. The summed E-state index contributed by atoms with van der Waals surface area (Å²) in [5.41, 5.74) is -0.732. The molecular weight excluding hydrogens is 312 g/mol. The summed E-state index contributed by atoms with van der Waals surface area (Å²) in [5.74, 6) is 0.712. The number of urea groups is 1. The predicted octanol–water partition coefficient (Wildman–Crippen LogP) is 2.86. The Kier molecular flexibility index (Phi) is 5.01. The van der Waals surface area contributed by atoms with Gasteiger partial charge in [0.1, 0.15) is 11.4 Å². The first-order chi connectivity index (χ1) is 10.7. The van der Waals surface area contributed by atoms with E-state index in [9.17, 15) is 9.90 Å². The molecule has 0 radical (unpaired) electrons. The van der Waals surface area contributed by atoms with E-state index in [1.807, 2.05) is 38.3 Å². The summed E-state index contributed by atoms with van der Waals surface area (Å²) in [6, 6.07) is 3.29. The van der Waals surface area contributed by atoms with Crippen molar-refractivity contribution in [1.82, 2.24) is 15.3 Å². The van der Waals surface area contributed by atoms with Gasteiger partial charge in [0, 0.05) is 10.3 Å². The van der Waals surface area contributed by atoms with Crippen LogP contribution in [0.5, 0.6) is 0 Å².